The molecule has 0 unspecified atom stereocenters. The highest BCUT2D eigenvalue weighted by atomic mass is 16.5. The Bertz CT molecular complexity index is 933. The molecular formula is C19H22N6O2. The van der Waals surface area contributed by atoms with Crippen LogP contribution in [0.25, 0.3) is 11.4 Å². The summed E-state index contributed by atoms with van der Waals surface area (Å²) in [5, 5.41) is 8.36. The molecule has 4 rings (SSSR count). The number of amides is 1. The van der Waals surface area contributed by atoms with E-state index in [1.54, 1.807) is 18.6 Å². The largest absolute Gasteiger partial charge is 0.339 e. The summed E-state index contributed by atoms with van der Waals surface area (Å²) in [5.74, 6) is 1.17. The van der Waals surface area contributed by atoms with Crippen LogP contribution in [0.15, 0.2) is 35.2 Å². The van der Waals surface area contributed by atoms with Gasteiger partial charge in [0.15, 0.2) is 0 Å². The Morgan fingerprint density at radius 2 is 2.26 bits per heavy atom. The van der Waals surface area contributed by atoms with Gasteiger partial charge in [0.2, 0.25) is 11.7 Å². The molecule has 3 aromatic rings. The lowest BCUT2D eigenvalue weighted by Gasteiger charge is -2.31. The second kappa shape index (κ2) is 7.30. The number of nitrogens with zero attached hydrogens (tertiary/aromatic N) is 6. The molecule has 0 radical (unpaired) electrons. The van der Waals surface area contributed by atoms with Crippen molar-refractivity contribution in [1.29, 1.82) is 0 Å². The summed E-state index contributed by atoms with van der Waals surface area (Å²) in [4.78, 5) is 23.4. The molecule has 3 aromatic heterocycles. The number of hydrogen-bond donors (Lipinski definition) is 0. The average Bonchev–Trinajstić information content (AvgIpc) is 3.35. The molecule has 8 heteroatoms. The van der Waals surface area contributed by atoms with E-state index in [2.05, 4.69) is 20.2 Å². The molecule has 140 valence electrons. The van der Waals surface area contributed by atoms with E-state index in [1.165, 1.54) is 0 Å². The molecule has 0 spiro atoms. The molecule has 0 bridgehead atoms. The van der Waals surface area contributed by atoms with E-state index in [1.807, 2.05) is 35.6 Å². The van der Waals surface area contributed by atoms with Crippen molar-refractivity contribution in [3.05, 3.63) is 47.9 Å². The molecule has 4 heterocycles. The number of piperidine rings is 1. The third-order valence-electron chi connectivity index (χ3n) is 5.05. The van der Waals surface area contributed by atoms with Crippen molar-refractivity contribution in [1.82, 2.24) is 29.8 Å². The Morgan fingerprint density at radius 3 is 3.00 bits per heavy atom. The first-order valence-electron chi connectivity index (χ1n) is 9.23. The molecule has 1 saturated heterocycles. The summed E-state index contributed by atoms with van der Waals surface area (Å²) < 4.78 is 7.33. The Labute approximate surface area is 157 Å². The third-order valence-corrected chi connectivity index (χ3v) is 5.05. The van der Waals surface area contributed by atoms with Crippen LogP contribution < -0.4 is 0 Å². The first-order chi connectivity index (χ1) is 13.2. The second-order valence-corrected chi connectivity index (χ2v) is 6.75. The lowest BCUT2D eigenvalue weighted by Crippen LogP contribution is -2.39. The SMILES string of the molecule is CCn1ncc(C(=O)N2CCC[C@@H](c3nc(-c4cccnc4)no3)C2)c1C. The summed E-state index contributed by atoms with van der Waals surface area (Å²) in [7, 11) is 0. The quantitative estimate of drug-likeness (QED) is 0.705. The second-order valence-electron chi connectivity index (χ2n) is 6.75. The van der Waals surface area contributed by atoms with E-state index in [9.17, 15) is 4.79 Å². The molecule has 1 aliphatic rings. The van der Waals surface area contributed by atoms with Crippen LogP contribution in [0.3, 0.4) is 0 Å². The third kappa shape index (κ3) is 3.34. The van der Waals surface area contributed by atoms with Crippen molar-refractivity contribution in [3.8, 4) is 11.4 Å². The number of pyridine rings is 1. The molecule has 1 fully saturated rings. The summed E-state index contributed by atoms with van der Waals surface area (Å²) >= 11 is 0. The highest BCUT2D eigenvalue weighted by Gasteiger charge is 2.30. The van der Waals surface area contributed by atoms with Crippen LogP contribution in [0.4, 0.5) is 0 Å². The van der Waals surface area contributed by atoms with Gasteiger partial charge in [-0.3, -0.25) is 14.5 Å². The number of rotatable bonds is 4. The fourth-order valence-corrected chi connectivity index (χ4v) is 3.52. The maximum atomic E-state index is 13.0. The van der Waals surface area contributed by atoms with E-state index in [0.717, 1.165) is 37.2 Å². The highest BCUT2D eigenvalue weighted by molar-refractivity contribution is 5.95. The number of carbonyl (C=O) groups is 1. The first-order valence-corrected chi connectivity index (χ1v) is 9.23. The van der Waals surface area contributed by atoms with Gasteiger partial charge in [-0.25, -0.2) is 0 Å². The van der Waals surface area contributed by atoms with Gasteiger partial charge in [0.25, 0.3) is 5.91 Å². The highest BCUT2D eigenvalue weighted by Crippen LogP contribution is 2.28. The van der Waals surface area contributed by atoms with Crippen molar-refractivity contribution in [2.75, 3.05) is 13.1 Å². The fourth-order valence-electron chi connectivity index (χ4n) is 3.52. The lowest BCUT2D eigenvalue weighted by atomic mass is 9.97. The number of aryl methyl sites for hydroxylation is 1. The summed E-state index contributed by atoms with van der Waals surface area (Å²) in [6.07, 6.45) is 6.91. The maximum Gasteiger partial charge on any atom is 0.257 e. The van der Waals surface area contributed by atoms with Gasteiger partial charge in [0.05, 0.1) is 17.7 Å². The molecule has 0 N–H and O–H groups in total. The van der Waals surface area contributed by atoms with Crippen LogP contribution in [-0.4, -0.2) is 48.8 Å². The minimum absolute atomic E-state index is 0.0175. The van der Waals surface area contributed by atoms with Crippen molar-refractivity contribution in [2.24, 2.45) is 0 Å². The van der Waals surface area contributed by atoms with Crippen molar-refractivity contribution < 1.29 is 9.32 Å². The Hall–Kier alpha value is -3.03. The molecule has 1 aliphatic heterocycles. The standard InChI is InChI=1S/C19H22N6O2/c1-3-25-13(2)16(11-21-25)19(26)24-9-5-7-15(12-24)18-22-17(23-27-18)14-6-4-8-20-10-14/h4,6,8,10-11,15H,3,5,7,9,12H2,1-2H3/t15-/m1/s1. The van der Waals surface area contributed by atoms with E-state index >= 15 is 0 Å². The van der Waals surface area contributed by atoms with Crippen molar-refractivity contribution in [2.45, 2.75) is 39.2 Å². The minimum atomic E-state index is 0.0175. The predicted octanol–water partition coefficient (Wildman–Crippen LogP) is 2.68. The average molecular weight is 366 g/mol. The van der Waals surface area contributed by atoms with E-state index in [0.29, 0.717) is 23.8 Å². The number of aromatic nitrogens is 5. The zero-order chi connectivity index (χ0) is 18.8. The molecule has 27 heavy (non-hydrogen) atoms. The van der Waals surface area contributed by atoms with Crippen LogP contribution >= 0.6 is 0 Å². The summed E-state index contributed by atoms with van der Waals surface area (Å²) in [6.45, 7) is 6.00. The predicted molar refractivity (Wildman–Crippen MR) is 98.0 cm³/mol. The van der Waals surface area contributed by atoms with Crippen molar-refractivity contribution >= 4 is 5.91 Å². The van der Waals surface area contributed by atoms with E-state index in [4.69, 9.17) is 4.52 Å². The van der Waals surface area contributed by atoms with Gasteiger partial charge in [-0.15, -0.1) is 0 Å². The zero-order valence-electron chi connectivity index (χ0n) is 15.5. The van der Waals surface area contributed by atoms with Crippen molar-refractivity contribution in [3.63, 3.8) is 0 Å². The Balaban J connectivity index is 1.51. The van der Waals surface area contributed by atoms with Gasteiger partial charge in [-0.2, -0.15) is 10.1 Å². The van der Waals surface area contributed by atoms with Gasteiger partial charge in [-0.1, -0.05) is 5.16 Å². The number of hydrogen-bond acceptors (Lipinski definition) is 6. The molecule has 1 amide bonds. The van der Waals surface area contributed by atoms with Gasteiger partial charge in [0, 0.05) is 43.3 Å². The topological polar surface area (TPSA) is 89.9 Å². The molecule has 1 atom stereocenters. The first kappa shape index (κ1) is 17.4. The van der Waals surface area contributed by atoms with Crippen LogP contribution in [0.5, 0.6) is 0 Å². The van der Waals surface area contributed by atoms with Gasteiger partial charge >= 0.3 is 0 Å². The van der Waals surface area contributed by atoms with E-state index in [-0.39, 0.29) is 11.8 Å². The monoisotopic (exact) mass is 366 g/mol. The summed E-state index contributed by atoms with van der Waals surface area (Å²) in [5.41, 5.74) is 2.39. The van der Waals surface area contributed by atoms with Crippen LogP contribution in [0.1, 0.15) is 47.6 Å². The lowest BCUT2D eigenvalue weighted by molar-refractivity contribution is 0.0694. The molecule has 8 nitrogen and oxygen atoms in total. The number of likely N-dealkylation sites (tertiary alicyclic amines) is 1. The normalized spacial score (nSPS) is 17.3. The van der Waals surface area contributed by atoms with Gasteiger partial charge in [-0.05, 0) is 38.8 Å². The molecule has 0 aromatic carbocycles. The minimum Gasteiger partial charge on any atom is -0.339 e. The zero-order valence-corrected chi connectivity index (χ0v) is 15.5. The Morgan fingerprint density at radius 1 is 1.37 bits per heavy atom. The number of carbonyl (C=O) groups excluding carboxylic acids is 1. The molecule has 0 aliphatic carbocycles. The smallest absolute Gasteiger partial charge is 0.257 e. The molecular weight excluding hydrogens is 344 g/mol. The van der Waals surface area contributed by atoms with Gasteiger partial charge in [0.1, 0.15) is 0 Å². The maximum absolute atomic E-state index is 13.0. The van der Waals surface area contributed by atoms with Crippen LogP contribution in [0.2, 0.25) is 0 Å². The van der Waals surface area contributed by atoms with Crippen LogP contribution in [0, 0.1) is 6.92 Å². The Kier molecular flexibility index (Phi) is 4.70. The molecule has 0 saturated carbocycles. The fraction of sp³-hybridized carbons (Fsp3) is 0.421. The van der Waals surface area contributed by atoms with Gasteiger partial charge < -0.3 is 9.42 Å². The summed E-state index contributed by atoms with van der Waals surface area (Å²) in [6, 6.07) is 3.73. The van der Waals surface area contributed by atoms with Crippen LogP contribution in [-0.2, 0) is 6.54 Å². The van der Waals surface area contributed by atoms with E-state index < -0.39 is 0 Å².